The van der Waals surface area contributed by atoms with Crippen molar-refractivity contribution in [1.82, 2.24) is 5.32 Å². The van der Waals surface area contributed by atoms with Gasteiger partial charge in [0.15, 0.2) is 0 Å². The first-order valence-corrected chi connectivity index (χ1v) is 4.65. The van der Waals surface area contributed by atoms with Gasteiger partial charge < -0.3 is 10.1 Å². The SMILES string of the molecule is COC(=O)C1NC2CC1C1CC21. The largest absolute Gasteiger partial charge is 0.468 e. The number of rotatable bonds is 1. The van der Waals surface area contributed by atoms with Gasteiger partial charge in [0.1, 0.15) is 6.04 Å². The van der Waals surface area contributed by atoms with Crippen molar-refractivity contribution in [3.63, 3.8) is 0 Å². The van der Waals surface area contributed by atoms with Crippen LogP contribution in [0.25, 0.3) is 0 Å². The van der Waals surface area contributed by atoms with Crippen LogP contribution in [0.15, 0.2) is 0 Å². The molecule has 0 spiro atoms. The summed E-state index contributed by atoms with van der Waals surface area (Å²) in [4.78, 5) is 11.3. The van der Waals surface area contributed by atoms with Gasteiger partial charge in [-0.3, -0.25) is 4.79 Å². The molecule has 2 saturated carbocycles. The Labute approximate surface area is 71.5 Å². The molecule has 3 fully saturated rings. The van der Waals surface area contributed by atoms with E-state index in [1.807, 2.05) is 0 Å². The molecule has 3 aliphatic rings. The molecule has 3 rings (SSSR count). The molecule has 0 radical (unpaired) electrons. The maximum Gasteiger partial charge on any atom is 0.323 e. The van der Waals surface area contributed by atoms with Gasteiger partial charge >= 0.3 is 5.97 Å². The summed E-state index contributed by atoms with van der Waals surface area (Å²) in [6, 6.07) is 0.646. The molecule has 1 aliphatic heterocycles. The van der Waals surface area contributed by atoms with Crippen LogP contribution < -0.4 is 5.32 Å². The summed E-state index contributed by atoms with van der Waals surface area (Å²) in [5, 5.41) is 3.36. The summed E-state index contributed by atoms with van der Waals surface area (Å²) in [5.74, 6) is 2.27. The van der Waals surface area contributed by atoms with Gasteiger partial charge in [0.25, 0.3) is 0 Å². The summed E-state index contributed by atoms with van der Waals surface area (Å²) in [6.07, 6.45) is 2.55. The van der Waals surface area contributed by atoms with E-state index < -0.39 is 0 Å². The van der Waals surface area contributed by atoms with Crippen LogP contribution in [0.5, 0.6) is 0 Å². The van der Waals surface area contributed by atoms with Crippen LogP contribution in [0.1, 0.15) is 12.8 Å². The maximum absolute atomic E-state index is 11.3. The zero-order valence-electron chi connectivity index (χ0n) is 7.12. The quantitative estimate of drug-likeness (QED) is 0.565. The summed E-state index contributed by atoms with van der Waals surface area (Å²) >= 11 is 0. The van der Waals surface area contributed by atoms with Gasteiger partial charge in [0.05, 0.1) is 7.11 Å². The minimum absolute atomic E-state index is 0.0174. The van der Waals surface area contributed by atoms with Gasteiger partial charge in [-0.25, -0.2) is 0 Å². The number of carbonyl (C=O) groups excluding carboxylic acids is 1. The lowest BCUT2D eigenvalue weighted by Crippen LogP contribution is -2.43. The van der Waals surface area contributed by atoms with Crippen molar-refractivity contribution in [2.24, 2.45) is 17.8 Å². The molecule has 5 atom stereocenters. The molecule has 2 aliphatic carbocycles. The Morgan fingerprint density at radius 1 is 1.33 bits per heavy atom. The highest BCUT2D eigenvalue weighted by Crippen LogP contribution is 2.59. The predicted octanol–water partition coefficient (Wildman–Crippen LogP) is 0.156. The summed E-state index contributed by atoms with van der Waals surface area (Å²) in [7, 11) is 1.47. The molecule has 66 valence electrons. The van der Waals surface area contributed by atoms with Crippen molar-refractivity contribution in [3.8, 4) is 0 Å². The minimum Gasteiger partial charge on any atom is -0.468 e. The van der Waals surface area contributed by atoms with Crippen LogP contribution in [-0.4, -0.2) is 25.2 Å². The van der Waals surface area contributed by atoms with E-state index in [1.165, 1.54) is 20.0 Å². The molecule has 12 heavy (non-hydrogen) atoms. The van der Waals surface area contributed by atoms with Crippen LogP contribution in [0, 0.1) is 17.8 Å². The number of ether oxygens (including phenoxy) is 1. The second kappa shape index (κ2) is 2.02. The average molecular weight is 167 g/mol. The van der Waals surface area contributed by atoms with Crippen molar-refractivity contribution in [3.05, 3.63) is 0 Å². The molecule has 5 unspecified atom stereocenters. The fourth-order valence-corrected chi connectivity index (χ4v) is 3.13. The third-order valence-electron chi connectivity index (χ3n) is 3.76. The topological polar surface area (TPSA) is 38.3 Å². The highest BCUT2D eigenvalue weighted by Gasteiger charge is 2.62. The minimum atomic E-state index is -0.0622. The molecule has 1 saturated heterocycles. The van der Waals surface area contributed by atoms with E-state index in [0.717, 1.165) is 11.8 Å². The molecule has 2 bridgehead atoms. The number of carbonyl (C=O) groups is 1. The number of fused-ring (bicyclic) bond motifs is 5. The smallest absolute Gasteiger partial charge is 0.323 e. The van der Waals surface area contributed by atoms with Gasteiger partial charge in [-0.1, -0.05) is 0 Å². The summed E-state index contributed by atoms with van der Waals surface area (Å²) < 4.78 is 4.75. The number of methoxy groups -OCH3 is 1. The van der Waals surface area contributed by atoms with Gasteiger partial charge in [-0.15, -0.1) is 0 Å². The average Bonchev–Trinajstić information content (AvgIpc) is 2.71. The Balaban J connectivity index is 1.80. The van der Waals surface area contributed by atoms with Crippen LogP contribution in [-0.2, 0) is 9.53 Å². The van der Waals surface area contributed by atoms with E-state index in [4.69, 9.17) is 4.74 Å². The van der Waals surface area contributed by atoms with Crippen LogP contribution in [0.2, 0.25) is 0 Å². The van der Waals surface area contributed by atoms with Gasteiger partial charge in [-0.05, 0) is 30.6 Å². The number of hydrogen-bond acceptors (Lipinski definition) is 3. The lowest BCUT2D eigenvalue weighted by molar-refractivity contribution is -0.144. The second-order valence-electron chi connectivity index (χ2n) is 4.24. The van der Waals surface area contributed by atoms with E-state index >= 15 is 0 Å². The zero-order chi connectivity index (χ0) is 8.29. The molecule has 0 amide bonds. The monoisotopic (exact) mass is 167 g/mol. The third kappa shape index (κ3) is 0.678. The first kappa shape index (κ1) is 6.89. The maximum atomic E-state index is 11.3. The van der Waals surface area contributed by atoms with Crippen LogP contribution in [0.3, 0.4) is 0 Å². The van der Waals surface area contributed by atoms with Crippen molar-refractivity contribution in [2.75, 3.05) is 7.11 Å². The van der Waals surface area contributed by atoms with Gasteiger partial charge in [-0.2, -0.15) is 0 Å². The number of nitrogens with one attached hydrogen (secondary N) is 1. The number of piperidine rings is 1. The highest BCUT2D eigenvalue weighted by atomic mass is 16.5. The zero-order valence-corrected chi connectivity index (χ0v) is 7.12. The van der Waals surface area contributed by atoms with E-state index in [2.05, 4.69) is 5.32 Å². The van der Waals surface area contributed by atoms with E-state index in [0.29, 0.717) is 12.0 Å². The molecule has 0 aromatic rings. The third-order valence-corrected chi connectivity index (χ3v) is 3.76. The van der Waals surface area contributed by atoms with E-state index in [1.54, 1.807) is 0 Å². The molecule has 0 aromatic heterocycles. The van der Waals surface area contributed by atoms with E-state index in [9.17, 15) is 4.79 Å². The fraction of sp³-hybridized carbons (Fsp3) is 0.889. The second-order valence-corrected chi connectivity index (χ2v) is 4.24. The Morgan fingerprint density at radius 3 is 2.75 bits per heavy atom. The van der Waals surface area contributed by atoms with Crippen LogP contribution in [0.4, 0.5) is 0 Å². The summed E-state index contributed by atoms with van der Waals surface area (Å²) in [5.41, 5.74) is 0. The summed E-state index contributed by atoms with van der Waals surface area (Å²) in [6.45, 7) is 0. The van der Waals surface area contributed by atoms with Crippen molar-refractivity contribution >= 4 is 5.97 Å². The Kier molecular flexibility index (Phi) is 1.16. The van der Waals surface area contributed by atoms with Crippen LogP contribution >= 0.6 is 0 Å². The first-order chi connectivity index (χ1) is 5.81. The number of esters is 1. The normalized spacial score (nSPS) is 53.6. The molecule has 1 N–H and O–H groups in total. The molecule has 3 heteroatoms. The lowest BCUT2D eigenvalue weighted by Gasteiger charge is -2.19. The van der Waals surface area contributed by atoms with E-state index in [-0.39, 0.29) is 12.0 Å². The Hall–Kier alpha value is -0.570. The van der Waals surface area contributed by atoms with Crippen molar-refractivity contribution < 1.29 is 9.53 Å². The lowest BCUT2D eigenvalue weighted by atomic mass is 9.97. The van der Waals surface area contributed by atoms with Gasteiger partial charge in [0.2, 0.25) is 0 Å². The molecule has 1 heterocycles. The first-order valence-electron chi connectivity index (χ1n) is 4.65. The fourth-order valence-electron chi connectivity index (χ4n) is 3.13. The molecular formula is C9H13NO2. The van der Waals surface area contributed by atoms with Crippen molar-refractivity contribution in [1.29, 1.82) is 0 Å². The predicted molar refractivity (Wildman–Crippen MR) is 42.4 cm³/mol. The van der Waals surface area contributed by atoms with Crippen molar-refractivity contribution in [2.45, 2.75) is 24.9 Å². The standard InChI is InChI=1S/C9H13NO2/c1-12-9(11)8-6-3-7(10-8)5-2-4(5)6/h4-8,10H,2-3H2,1H3. The molecule has 0 aromatic carbocycles. The molecular weight excluding hydrogens is 154 g/mol. The molecule has 3 nitrogen and oxygen atoms in total. The highest BCUT2D eigenvalue weighted by molar-refractivity contribution is 5.77. The Morgan fingerprint density at radius 2 is 2.17 bits per heavy atom. The van der Waals surface area contributed by atoms with Gasteiger partial charge in [0, 0.05) is 6.04 Å². The Bertz CT molecular complexity index is 241. The number of hydrogen-bond donors (Lipinski definition) is 1.